The summed E-state index contributed by atoms with van der Waals surface area (Å²) in [5, 5.41) is 0. The monoisotopic (exact) mass is 239 g/mol. The summed E-state index contributed by atoms with van der Waals surface area (Å²) in [6.07, 6.45) is 0. The maximum absolute atomic E-state index is 3.01. The summed E-state index contributed by atoms with van der Waals surface area (Å²) >= 11 is 0. The molecule has 0 aliphatic carbocycles. The molecular weight excluding hydrogens is 225 g/mol. The first-order valence-corrected chi connectivity index (χ1v) is 2.76. The van der Waals surface area contributed by atoms with Crippen LogP contribution in [0, 0.1) is 11.8 Å². The Morgan fingerprint density at radius 1 is 1.22 bits per heavy atom. The second-order valence-electron chi connectivity index (χ2n) is 2.88. The molecule has 9 heavy (non-hydrogen) atoms. The van der Waals surface area contributed by atoms with Crippen molar-refractivity contribution in [2.75, 3.05) is 27.7 Å². The molecule has 0 atom stereocenters. The summed E-state index contributed by atoms with van der Waals surface area (Å²) in [7, 11) is 6.39. The highest BCUT2D eigenvalue weighted by atomic mass is 127. The zero-order valence-electron chi connectivity index (χ0n) is 6.53. The highest BCUT2D eigenvalue weighted by Crippen LogP contribution is 1.84. The normalized spacial score (nSPS) is 8.89. The minimum Gasteiger partial charge on any atom is -1.00 e. The summed E-state index contributed by atoms with van der Waals surface area (Å²) < 4.78 is 0.931. The van der Waals surface area contributed by atoms with Gasteiger partial charge < -0.3 is 28.5 Å². The van der Waals surface area contributed by atoms with E-state index < -0.39 is 0 Å². The van der Waals surface area contributed by atoms with Gasteiger partial charge in [0.1, 0.15) is 6.54 Å². The molecule has 0 radical (unpaired) electrons. The fraction of sp³-hybridized carbons (Fsp3) is 0.714. The average Bonchev–Trinajstić information content (AvgIpc) is 1.59. The molecule has 0 aliphatic heterocycles. The first-order valence-electron chi connectivity index (χ1n) is 2.76. The minimum absolute atomic E-state index is 0. The first kappa shape index (κ1) is 12.0. The average molecular weight is 239 g/mol. The standard InChI is InChI=1S/C7H14N.HI/c1-5-6-7-8(2,3)4;/h7H2,1-4H3;1H/q+1;/p-1. The SMILES string of the molecule is CC#CC[N+](C)(C)C.[I-]. The van der Waals surface area contributed by atoms with Gasteiger partial charge in [0.25, 0.3) is 0 Å². The predicted molar refractivity (Wildman–Crippen MR) is 36.3 cm³/mol. The van der Waals surface area contributed by atoms with Gasteiger partial charge in [0, 0.05) is 0 Å². The number of quaternary nitrogens is 1. The van der Waals surface area contributed by atoms with Crippen molar-refractivity contribution in [2.45, 2.75) is 6.92 Å². The number of rotatable bonds is 1. The Kier molecular flexibility index (Phi) is 6.74. The summed E-state index contributed by atoms with van der Waals surface area (Å²) in [6.45, 7) is 2.81. The summed E-state index contributed by atoms with van der Waals surface area (Å²) in [5.74, 6) is 5.87. The van der Waals surface area contributed by atoms with E-state index in [1.54, 1.807) is 0 Å². The molecule has 0 rings (SSSR count). The molecule has 0 bridgehead atoms. The van der Waals surface area contributed by atoms with Gasteiger partial charge in [-0.2, -0.15) is 0 Å². The van der Waals surface area contributed by atoms with E-state index in [1.807, 2.05) is 6.92 Å². The van der Waals surface area contributed by atoms with Crippen LogP contribution in [0.15, 0.2) is 0 Å². The molecule has 0 amide bonds. The summed E-state index contributed by atoms with van der Waals surface area (Å²) in [6, 6.07) is 0. The van der Waals surface area contributed by atoms with Gasteiger partial charge in [0.2, 0.25) is 0 Å². The molecule has 0 aromatic carbocycles. The number of hydrogen-bond acceptors (Lipinski definition) is 0. The van der Waals surface area contributed by atoms with Crippen LogP contribution in [0.1, 0.15) is 6.92 Å². The van der Waals surface area contributed by atoms with E-state index in [-0.39, 0.29) is 24.0 Å². The van der Waals surface area contributed by atoms with Crippen LogP contribution < -0.4 is 24.0 Å². The molecule has 54 valence electrons. The Bertz CT molecular complexity index is 113. The van der Waals surface area contributed by atoms with E-state index in [4.69, 9.17) is 0 Å². The Hall–Kier alpha value is 0.250. The van der Waals surface area contributed by atoms with Gasteiger partial charge in [-0.3, -0.25) is 0 Å². The lowest BCUT2D eigenvalue weighted by atomic mass is 10.5. The quantitative estimate of drug-likeness (QED) is 0.275. The van der Waals surface area contributed by atoms with Crippen molar-refractivity contribution in [3.63, 3.8) is 0 Å². The maximum atomic E-state index is 3.01. The summed E-state index contributed by atoms with van der Waals surface area (Å²) in [4.78, 5) is 0. The Labute approximate surface area is 75.0 Å². The Morgan fingerprint density at radius 3 is 1.78 bits per heavy atom. The largest absolute Gasteiger partial charge is 1.00 e. The molecule has 0 unspecified atom stereocenters. The zero-order chi connectivity index (χ0) is 6.62. The van der Waals surface area contributed by atoms with E-state index in [2.05, 4.69) is 33.0 Å². The van der Waals surface area contributed by atoms with E-state index in [1.165, 1.54) is 0 Å². The van der Waals surface area contributed by atoms with Crippen LogP contribution in [0.5, 0.6) is 0 Å². The third-order valence-corrected chi connectivity index (χ3v) is 0.730. The topological polar surface area (TPSA) is 0 Å². The molecule has 0 aromatic heterocycles. The van der Waals surface area contributed by atoms with E-state index in [0.717, 1.165) is 11.0 Å². The van der Waals surface area contributed by atoms with Gasteiger partial charge in [-0.05, 0) is 12.8 Å². The molecule has 0 heterocycles. The highest BCUT2D eigenvalue weighted by Gasteiger charge is 2.00. The smallest absolute Gasteiger partial charge is 0.140 e. The van der Waals surface area contributed by atoms with Gasteiger partial charge in [-0.25, -0.2) is 0 Å². The third kappa shape index (κ3) is 11.7. The molecule has 0 saturated heterocycles. The van der Waals surface area contributed by atoms with Crippen molar-refractivity contribution < 1.29 is 28.5 Å². The molecule has 0 saturated carbocycles. The Balaban J connectivity index is 0. The second-order valence-corrected chi connectivity index (χ2v) is 2.88. The molecule has 0 fully saturated rings. The van der Waals surface area contributed by atoms with Crippen molar-refractivity contribution in [1.29, 1.82) is 0 Å². The molecule has 0 aliphatic rings. The maximum Gasteiger partial charge on any atom is 0.140 e. The van der Waals surface area contributed by atoms with Crippen LogP contribution in [-0.2, 0) is 0 Å². The fourth-order valence-electron chi connectivity index (χ4n) is 0.316. The van der Waals surface area contributed by atoms with Gasteiger partial charge in [-0.15, -0.1) is 5.92 Å². The predicted octanol–water partition coefficient (Wildman–Crippen LogP) is -2.28. The summed E-state index contributed by atoms with van der Waals surface area (Å²) in [5.41, 5.74) is 0. The fourth-order valence-corrected chi connectivity index (χ4v) is 0.316. The van der Waals surface area contributed by atoms with Gasteiger partial charge in [-0.1, -0.05) is 0 Å². The molecule has 0 spiro atoms. The van der Waals surface area contributed by atoms with Crippen molar-refractivity contribution in [3.05, 3.63) is 0 Å². The number of nitrogens with zero attached hydrogens (tertiary/aromatic N) is 1. The Morgan fingerprint density at radius 2 is 1.67 bits per heavy atom. The van der Waals surface area contributed by atoms with Crippen LogP contribution in [0.4, 0.5) is 0 Å². The molecule has 2 heteroatoms. The van der Waals surface area contributed by atoms with Crippen molar-refractivity contribution in [2.24, 2.45) is 0 Å². The van der Waals surface area contributed by atoms with Gasteiger partial charge >= 0.3 is 0 Å². The van der Waals surface area contributed by atoms with Gasteiger partial charge in [0.15, 0.2) is 0 Å². The molecule has 0 N–H and O–H groups in total. The van der Waals surface area contributed by atoms with Crippen molar-refractivity contribution in [3.8, 4) is 11.8 Å². The van der Waals surface area contributed by atoms with E-state index in [0.29, 0.717) is 0 Å². The van der Waals surface area contributed by atoms with Crippen molar-refractivity contribution in [1.82, 2.24) is 0 Å². The lowest BCUT2D eigenvalue weighted by Crippen LogP contribution is -3.00. The number of halogens is 1. The lowest BCUT2D eigenvalue weighted by molar-refractivity contribution is -0.862. The van der Waals surface area contributed by atoms with Crippen LogP contribution in [0.3, 0.4) is 0 Å². The van der Waals surface area contributed by atoms with E-state index >= 15 is 0 Å². The molecule has 0 aromatic rings. The first-order chi connectivity index (χ1) is 3.56. The minimum atomic E-state index is 0. The highest BCUT2D eigenvalue weighted by molar-refractivity contribution is 4.94. The second kappa shape index (κ2) is 5.07. The molecule has 1 nitrogen and oxygen atoms in total. The van der Waals surface area contributed by atoms with Crippen molar-refractivity contribution >= 4 is 0 Å². The zero-order valence-corrected chi connectivity index (χ0v) is 8.69. The number of hydrogen-bond donors (Lipinski definition) is 0. The van der Waals surface area contributed by atoms with Crippen LogP contribution in [0.25, 0.3) is 0 Å². The van der Waals surface area contributed by atoms with Crippen LogP contribution in [0.2, 0.25) is 0 Å². The van der Waals surface area contributed by atoms with Gasteiger partial charge in [0.05, 0.1) is 21.1 Å². The van der Waals surface area contributed by atoms with E-state index in [9.17, 15) is 0 Å². The third-order valence-electron chi connectivity index (χ3n) is 0.730. The van der Waals surface area contributed by atoms with Crippen LogP contribution in [-0.4, -0.2) is 32.2 Å². The molecular formula is C7H14IN. The lowest BCUT2D eigenvalue weighted by Gasteiger charge is -2.19. The van der Waals surface area contributed by atoms with Crippen LogP contribution >= 0.6 is 0 Å².